The average molecular weight is 308 g/mol. The first-order chi connectivity index (χ1) is 10.2. The van der Waals surface area contributed by atoms with Crippen molar-refractivity contribution in [3.63, 3.8) is 0 Å². The second-order valence-corrected chi connectivity index (χ2v) is 5.56. The second kappa shape index (κ2) is 6.28. The number of hydrogen-bond donors (Lipinski definition) is 3. The highest BCUT2D eigenvalue weighted by Crippen LogP contribution is 2.22. The summed E-state index contributed by atoms with van der Waals surface area (Å²) < 4.78 is 1.71. The van der Waals surface area contributed by atoms with Crippen LogP contribution >= 0.6 is 11.6 Å². The van der Waals surface area contributed by atoms with Crippen LogP contribution in [0.4, 0.5) is 17.5 Å². The van der Waals surface area contributed by atoms with Gasteiger partial charge in [0.2, 0.25) is 5.95 Å². The van der Waals surface area contributed by atoms with E-state index in [-0.39, 0.29) is 0 Å². The first-order valence-electron chi connectivity index (χ1n) is 6.93. The summed E-state index contributed by atoms with van der Waals surface area (Å²) in [4.78, 5) is 8.59. The summed E-state index contributed by atoms with van der Waals surface area (Å²) >= 11 is 6.14. The first-order valence-corrected chi connectivity index (χ1v) is 7.31. The quantitative estimate of drug-likeness (QED) is 0.779. The Balaban J connectivity index is 1.66. The Kier molecular flexibility index (Phi) is 4.21. The molecule has 1 atom stereocenters. The maximum atomic E-state index is 6.14. The lowest BCUT2D eigenvalue weighted by Gasteiger charge is -2.12. The van der Waals surface area contributed by atoms with Gasteiger partial charge in [-0.1, -0.05) is 11.6 Å². The van der Waals surface area contributed by atoms with Crippen molar-refractivity contribution in [2.45, 2.75) is 6.42 Å². The van der Waals surface area contributed by atoms with Crippen molar-refractivity contribution in [1.82, 2.24) is 25.1 Å². The number of nitrogens with zero attached hydrogens (tertiary/aromatic N) is 4. The van der Waals surface area contributed by atoms with Crippen molar-refractivity contribution in [2.24, 2.45) is 13.0 Å². The maximum absolute atomic E-state index is 6.14. The minimum absolute atomic E-state index is 0.499. The fourth-order valence-electron chi connectivity index (χ4n) is 2.30. The molecule has 3 rings (SSSR count). The average Bonchev–Trinajstić information content (AvgIpc) is 3.11. The molecular weight excluding hydrogens is 290 g/mol. The largest absolute Gasteiger partial charge is 0.368 e. The van der Waals surface area contributed by atoms with Gasteiger partial charge in [0.25, 0.3) is 0 Å². The molecule has 3 N–H and O–H groups in total. The van der Waals surface area contributed by atoms with Crippen LogP contribution in [-0.2, 0) is 7.05 Å². The smallest absolute Gasteiger partial charge is 0.229 e. The van der Waals surface area contributed by atoms with Crippen LogP contribution in [0, 0.1) is 5.92 Å². The highest BCUT2D eigenvalue weighted by atomic mass is 35.5. The van der Waals surface area contributed by atoms with Crippen molar-refractivity contribution in [1.29, 1.82) is 0 Å². The Bertz CT molecular complexity index is 606. The van der Waals surface area contributed by atoms with Crippen LogP contribution in [0.5, 0.6) is 0 Å². The number of hydrogen-bond acceptors (Lipinski definition) is 6. The van der Waals surface area contributed by atoms with Crippen LogP contribution in [0.2, 0.25) is 5.02 Å². The highest BCUT2D eigenvalue weighted by molar-refractivity contribution is 6.32. The molecule has 0 unspecified atom stereocenters. The first kappa shape index (κ1) is 14.1. The fraction of sp³-hybridized carbons (Fsp3) is 0.462. The number of anilines is 3. The predicted octanol–water partition coefficient (Wildman–Crippen LogP) is 1.63. The molecule has 0 saturated carbocycles. The summed E-state index contributed by atoms with van der Waals surface area (Å²) in [5.41, 5.74) is 0.839. The lowest BCUT2D eigenvalue weighted by atomic mass is 10.1. The molecule has 1 aliphatic rings. The lowest BCUT2D eigenvalue weighted by Crippen LogP contribution is -2.18. The van der Waals surface area contributed by atoms with E-state index in [1.807, 2.05) is 13.2 Å². The van der Waals surface area contributed by atoms with Gasteiger partial charge in [0.15, 0.2) is 5.82 Å². The van der Waals surface area contributed by atoms with E-state index in [2.05, 4.69) is 31.0 Å². The van der Waals surface area contributed by atoms with Crippen molar-refractivity contribution >= 4 is 29.1 Å². The van der Waals surface area contributed by atoms with Gasteiger partial charge >= 0.3 is 0 Å². The Labute approximate surface area is 128 Å². The normalized spacial score (nSPS) is 17.9. The van der Waals surface area contributed by atoms with Crippen LogP contribution in [0.15, 0.2) is 18.6 Å². The molecule has 1 fully saturated rings. The summed E-state index contributed by atoms with van der Waals surface area (Å²) in [6.07, 6.45) is 6.35. The van der Waals surface area contributed by atoms with E-state index in [4.69, 9.17) is 11.6 Å². The van der Waals surface area contributed by atoms with Crippen molar-refractivity contribution < 1.29 is 0 Å². The Hall–Kier alpha value is -1.86. The SMILES string of the molecule is Cn1cc(Nc2ncc(Cl)c(NC[C@H]3CCNC3)n2)cn1. The van der Waals surface area contributed by atoms with Crippen molar-refractivity contribution in [3.8, 4) is 0 Å². The van der Waals surface area contributed by atoms with Gasteiger partial charge in [-0.2, -0.15) is 10.1 Å². The van der Waals surface area contributed by atoms with Crippen LogP contribution < -0.4 is 16.0 Å². The van der Waals surface area contributed by atoms with Crippen LogP contribution in [-0.4, -0.2) is 39.4 Å². The predicted molar refractivity (Wildman–Crippen MR) is 83.0 cm³/mol. The molecule has 0 spiro atoms. The fourth-order valence-corrected chi connectivity index (χ4v) is 2.45. The zero-order valence-corrected chi connectivity index (χ0v) is 12.6. The summed E-state index contributed by atoms with van der Waals surface area (Å²) in [5, 5.41) is 14.4. The van der Waals surface area contributed by atoms with Gasteiger partial charge in [-0.15, -0.1) is 0 Å². The molecule has 0 aliphatic carbocycles. The van der Waals surface area contributed by atoms with E-state index in [9.17, 15) is 0 Å². The molecule has 0 radical (unpaired) electrons. The summed E-state index contributed by atoms with van der Waals surface area (Å²) in [6.45, 7) is 2.98. The van der Waals surface area contributed by atoms with Crippen LogP contribution in [0.1, 0.15) is 6.42 Å². The van der Waals surface area contributed by atoms with Crippen LogP contribution in [0.3, 0.4) is 0 Å². The van der Waals surface area contributed by atoms with Crippen molar-refractivity contribution in [2.75, 3.05) is 30.3 Å². The van der Waals surface area contributed by atoms with Gasteiger partial charge in [-0.25, -0.2) is 4.98 Å². The molecule has 21 heavy (non-hydrogen) atoms. The minimum atomic E-state index is 0.499. The van der Waals surface area contributed by atoms with E-state index < -0.39 is 0 Å². The zero-order valence-electron chi connectivity index (χ0n) is 11.8. The molecule has 3 heterocycles. The van der Waals surface area contributed by atoms with Crippen molar-refractivity contribution in [3.05, 3.63) is 23.6 Å². The molecule has 1 saturated heterocycles. The molecule has 2 aromatic rings. The van der Waals surface area contributed by atoms with E-state index in [1.54, 1.807) is 17.1 Å². The van der Waals surface area contributed by atoms with Gasteiger partial charge in [0.05, 0.1) is 18.1 Å². The Morgan fingerprint density at radius 2 is 2.38 bits per heavy atom. The summed E-state index contributed by atoms with van der Waals surface area (Å²) in [6, 6.07) is 0. The van der Waals surface area contributed by atoms with Gasteiger partial charge in [-0.05, 0) is 25.4 Å². The molecule has 1 aliphatic heterocycles. The van der Waals surface area contributed by atoms with E-state index >= 15 is 0 Å². The molecule has 112 valence electrons. The maximum Gasteiger partial charge on any atom is 0.229 e. The minimum Gasteiger partial charge on any atom is -0.368 e. The van der Waals surface area contributed by atoms with Crippen LogP contribution in [0.25, 0.3) is 0 Å². The second-order valence-electron chi connectivity index (χ2n) is 5.16. The van der Waals surface area contributed by atoms with Gasteiger partial charge in [-0.3, -0.25) is 4.68 Å². The number of aryl methyl sites for hydroxylation is 1. The Morgan fingerprint density at radius 1 is 1.48 bits per heavy atom. The molecular formula is C13H18ClN7. The van der Waals surface area contributed by atoms with E-state index in [0.717, 1.165) is 25.3 Å². The zero-order chi connectivity index (χ0) is 14.7. The van der Waals surface area contributed by atoms with Gasteiger partial charge in [0, 0.05) is 19.8 Å². The lowest BCUT2D eigenvalue weighted by molar-refractivity contribution is 0.614. The number of aromatic nitrogens is 4. The summed E-state index contributed by atoms with van der Waals surface area (Å²) in [5.74, 6) is 1.77. The third-order valence-electron chi connectivity index (χ3n) is 3.43. The Morgan fingerprint density at radius 3 is 3.10 bits per heavy atom. The van der Waals surface area contributed by atoms with E-state index in [0.29, 0.717) is 22.7 Å². The van der Waals surface area contributed by atoms with Gasteiger partial charge in [0.1, 0.15) is 5.02 Å². The highest BCUT2D eigenvalue weighted by Gasteiger charge is 2.15. The topological polar surface area (TPSA) is 79.7 Å². The van der Waals surface area contributed by atoms with Gasteiger partial charge < -0.3 is 16.0 Å². The molecule has 0 aromatic carbocycles. The molecule has 0 amide bonds. The number of nitrogens with one attached hydrogen (secondary N) is 3. The third kappa shape index (κ3) is 3.62. The summed E-state index contributed by atoms with van der Waals surface area (Å²) in [7, 11) is 1.86. The number of halogens is 1. The molecule has 2 aromatic heterocycles. The molecule has 0 bridgehead atoms. The standard InChI is InChI=1S/C13H18ClN7/c1-21-8-10(6-18-21)19-13-17-7-11(14)12(20-13)16-5-9-2-3-15-4-9/h6-9,15H,2-5H2,1H3,(H2,16,17,19,20)/t9-/m0/s1. The molecule has 7 nitrogen and oxygen atoms in total. The number of rotatable bonds is 5. The molecule has 8 heteroatoms. The van der Waals surface area contributed by atoms with E-state index in [1.165, 1.54) is 6.42 Å². The third-order valence-corrected chi connectivity index (χ3v) is 3.70. The monoisotopic (exact) mass is 307 g/mol.